The molecule has 1 rings (SSSR count). The van der Waals surface area contributed by atoms with E-state index in [1.165, 1.54) is 6.92 Å². The van der Waals surface area contributed by atoms with Gasteiger partial charge in [-0.15, -0.1) is 0 Å². The van der Waals surface area contributed by atoms with Gasteiger partial charge in [0.05, 0.1) is 0 Å². The molecule has 0 aliphatic heterocycles. The lowest BCUT2D eigenvalue weighted by molar-refractivity contribution is -0.128. The first-order valence-corrected chi connectivity index (χ1v) is 5.40. The average molecular weight is 227 g/mol. The Morgan fingerprint density at radius 2 is 2.00 bits per heavy atom. The van der Waals surface area contributed by atoms with Crippen molar-refractivity contribution in [3.63, 3.8) is 0 Å². The Hall–Kier alpha value is -0.860. The summed E-state index contributed by atoms with van der Waals surface area (Å²) in [5, 5.41) is 0.663. The highest BCUT2D eigenvalue weighted by Crippen LogP contribution is 2.20. The van der Waals surface area contributed by atoms with E-state index in [1.807, 2.05) is 19.1 Å². The van der Waals surface area contributed by atoms with Crippen LogP contribution in [0.1, 0.15) is 31.9 Å². The van der Waals surface area contributed by atoms with Gasteiger partial charge in [-0.2, -0.15) is 0 Å². The number of ketones is 1. The molecule has 0 spiro atoms. The Bertz CT molecular complexity index is 319. The molecule has 0 heterocycles. The van der Waals surface area contributed by atoms with Crippen LogP contribution in [-0.4, -0.2) is 12.4 Å². The monoisotopic (exact) mass is 226 g/mol. The van der Waals surface area contributed by atoms with E-state index in [-0.39, 0.29) is 5.78 Å². The van der Waals surface area contributed by atoms with Gasteiger partial charge in [-0.25, -0.2) is 0 Å². The molecule has 0 saturated heterocycles. The molecular formula is C12H15ClO2. The standard InChI is InChI=1S/C12H15ClO2/c1-3-8-15-12(9(2)14)10-4-6-11(13)7-5-10/h4-7,12H,3,8H2,1-2H3. The quantitative estimate of drug-likeness (QED) is 0.769. The van der Waals surface area contributed by atoms with Crippen molar-refractivity contribution in [1.82, 2.24) is 0 Å². The summed E-state index contributed by atoms with van der Waals surface area (Å²) in [5.74, 6) is 0.0192. The van der Waals surface area contributed by atoms with Gasteiger partial charge < -0.3 is 4.74 Å². The van der Waals surface area contributed by atoms with Gasteiger partial charge in [0.25, 0.3) is 0 Å². The fourth-order valence-electron chi connectivity index (χ4n) is 1.32. The predicted molar refractivity (Wildman–Crippen MR) is 61.1 cm³/mol. The van der Waals surface area contributed by atoms with E-state index in [0.717, 1.165) is 12.0 Å². The van der Waals surface area contributed by atoms with E-state index in [9.17, 15) is 4.79 Å². The van der Waals surface area contributed by atoms with Crippen molar-refractivity contribution in [3.05, 3.63) is 34.9 Å². The Morgan fingerprint density at radius 3 is 2.47 bits per heavy atom. The number of hydrogen-bond acceptors (Lipinski definition) is 2. The number of ether oxygens (including phenoxy) is 1. The minimum atomic E-state index is -0.456. The second kappa shape index (κ2) is 5.89. The fourth-order valence-corrected chi connectivity index (χ4v) is 1.45. The fraction of sp³-hybridized carbons (Fsp3) is 0.417. The first-order valence-electron chi connectivity index (χ1n) is 5.02. The van der Waals surface area contributed by atoms with Crippen LogP contribution in [0.5, 0.6) is 0 Å². The summed E-state index contributed by atoms with van der Waals surface area (Å²) in [6.45, 7) is 4.14. The van der Waals surface area contributed by atoms with Crippen molar-refractivity contribution in [1.29, 1.82) is 0 Å². The zero-order chi connectivity index (χ0) is 11.3. The molecule has 0 fully saturated rings. The highest BCUT2D eigenvalue weighted by atomic mass is 35.5. The zero-order valence-electron chi connectivity index (χ0n) is 9.00. The molecule has 0 bridgehead atoms. The number of carbonyl (C=O) groups is 1. The second-order valence-corrected chi connectivity index (χ2v) is 3.85. The SMILES string of the molecule is CCCOC(C(C)=O)c1ccc(Cl)cc1. The Balaban J connectivity index is 2.79. The number of benzene rings is 1. The van der Waals surface area contributed by atoms with Gasteiger partial charge in [-0.1, -0.05) is 30.7 Å². The first kappa shape index (κ1) is 12.2. The minimum Gasteiger partial charge on any atom is -0.366 e. The summed E-state index contributed by atoms with van der Waals surface area (Å²) in [5.41, 5.74) is 0.861. The van der Waals surface area contributed by atoms with E-state index < -0.39 is 6.10 Å². The van der Waals surface area contributed by atoms with Crippen LogP contribution in [0.3, 0.4) is 0 Å². The van der Waals surface area contributed by atoms with Crippen LogP contribution >= 0.6 is 11.6 Å². The van der Waals surface area contributed by atoms with Crippen molar-refractivity contribution in [2.75, 3.05) is 6.61 Å². The summed E-state index contributed by atoms with van der Waals surface area (Å²) in [6, 6.07) is 7.18. The minimum absolute atomic E-state index is 0.0192. The molecule has 0 aromatic heterocycles. The van der Waals surface area contributed by atoms with Crippen LogP contribution in [0.25, 0.3) is 0 Å². The maximum absolute atomic E-state index is 11.4. The zero-order valence-corrected chi connectivity index (χ0v) is 9.75. The maximum Gasteiger partial charge on any atom is 0.163 e. The number of rotatable bonds is 5. The lowest BCUT2D eigenvalue weighted by atomic mass is 10.1. The predicted octanol–water partition coefficient (Wildman–Crippen LogP) is 3.40. The molecule has 0 N–H and O–H groups in total. The van der Waals surface area contributed by atoms with Crippen LogP contribution in [-0.2, 0) is 9.53 Å². The average Bonchev–Trinajstić information content (AvgIpc) is 2.21. The first-order chi connectivity index (χ1) is 7.15. The third-order valence-corrected chi connectivity index (χ3v) is 2.28. The molecule has 0 aliphatic carbocycles. The van der Waals surface area contributed by atoms with E-state index in [1.54, 1.807) is 12.1 Å². The van der Waals surface area contributed by atoms with Gasteiger partial charge in [0.15, 0.2) is 5.78 Å². The number of Topliss-reactive ketones (excluding diaryl/α,β-unsaturated/α-hetero) is 1. The molecule has 0 aliphatic rings. The van der Waals surface area contributed by atoms with E-state index in [0.29, 0.717) is 11.6 Å². The van der Waals surface area contributed by atoms with Crippen molar-refractivity contribution >= 4 is 17.4 Å². The van der Waals surface area contributed by atoms with Crippen molar-refractivity contribution in [2.24, 2.45) is 0 Å². The molecule has 3 heteroatoms. The largest absolute Gasteiger partial charge is 0.366 e. The van der Waals surface area contributed by atoms with Crippen LogP contribution in [0.4, 0.5) is 0 Å². The molecule has 2 nitrogen and oxygen atoms in total. The van der Waals surface area contributed by atoms with Gasteiger partial charge in [0.2, 0.25) is 0 Å². The topological polar surface area (TPSA) is 26.3 Å². The number of carbonyl (C=O) groups excluding carboxylic acids is 1. The third-order valence-electron chi connectivity index (χ3n) is 2.03. The van der Waals surface area contributed by atoms with E-state index in [2.05, 4.69) is 0 Å². The van der Waals surface area contributed by atoms with Gasteiger partial charge in [0, 0.05) is 11.6 Å². The van der Waals surface area contributed by atoms with Crippen LogP contribution in [0, 0.1) is 0 Å². The van der Waals surface area contributed by atoms with Crippen molar-refractivity contribution in [2.45, 2.75) is 26.4 Å². The summed E-state index contributed by atoms with van der Waals surface area (Å²) < 4.78 is 5.49. The molecule has 1 unspecified atom stereocenters. The lowest BCUT2D eigenvalue weighted by Crippen LogP contribution is -2.13. The number of hydrogen-bond donors (Lipinski definition) is 0. The van der Waals surface area contributed by atoms with Gasteiger partial charge in [0.1, 0.15) is 6.10 Å². The molecule has 0 amide bonds. The van der Waals surface area contributed by atoms with Crippen LogP contribution in [0.2, 0.25) is 5.02 Å². The summed E-state index contributed by atoms with van der Waals surface area (Å²) >= 11 is 5.77. The molecule has 0 radical (unpaired) electrons. The second-order valence-electron chi connectivity index (χ2n) is 3.41. The van der Waals surface area contributed by atoms with Crippen molar-refractivity contribution < 1.29 is 9.53 Å². The smallest absolute Gasteiger partial charge is 0.163 e. The lowest BCUT2D eigenvalue weighted by Gasteiger charge is -2.14. The molecule has 1 atom stereocenters. The van der Waals surface area contributed by atoms with Gasteiger partial charge in [-0.05, 0) is 31.0 Å². The number of halogens is 1. The normalized spacial score (nSPS) is 12.5. The van der Waals surface area contributed by atoms with E-state index in [4.69, 9.17) is 16.3 Å². The Morgan fingerprint density at radius 1 is 1.40 bits per heavy atom. The molecule has 1 aromatic carbocycles. The third kappa shape index (κ3) is 3.65. The summed E-state index contributed by atoms with van der Waals surface area (Å²) in [4.78, 5) is 11.4. The summed E-state index contributed by atoms with van der Waals surface area (Å²) in [7, 11) is 0. The Kier molecular flexibility index (Phi) is 4.79. The molecule has 82 valence electrons. The highest BCUT2D eigenvalue weighted by Gasteiger charge is 2.16. The van der Waals surface area contributed by atoms with Crippen LogP contribution < -0.4 is 0 Å². The van der Waals surface area contributed by atoms with Gasteiger partial charge in [-0.3, -0.25) is 4.79 Å². The van der Waals surface area contributed by atoms with Crippen molar-refractivity contribution in [3.8, 4) is 0 Å². The molecule has 1 aromatic rings. The van der Waals surface area contributed by atoms with Gasteiger partial charge >= 0.3 is 0 Å². The summed E-state index contributed by atoms with van der Waals surface area (Å²) in [6.07, 6.45) is 0.444. The Labute approximate surface area is 95.2 Å². The maximum atomic E-state index is 11.4. The highest BCUT2D eigenvalue weighted by molar-refractivity contribution is 6.30. The molecule has 15 heavy (non-hydrogen) atoms. The van der Waals surface area contributed by atoms with E-state index >= 15 is 0 Å². The molecular weight excluding hydrogens is 212 g/mol. The molecule has 0 saturated carbocycles. The van der Waals surface area contributed by atoms with Crippen LogP contribution in [0.15, 0.2) is 24.3 Å².